The van der Waals surface area contributed by atoms with E-state index >= 15 is 0 Å². The van der Waals surface area contributed by atoms with Crippen molar-refractivity contribution in [2.24, 2.45) is 5.92 Å². The average molecular weight is 209 g/mol. The van der Waals surface area contributed by atoms with Crippen LogP contribution in [0.2, 0.25) is 0 Å². The monoisotopic (exact) mass is 209 g/mol. The van der Waals surface area contributed by atoms with E-state index in [2.05, 4.69) is 4.98 Å². The molecule has 0 saturated heterocycles. The van der Waals surface area contributed by atoms with Crippen LogP contribution in [0.1, 0.15) is 19.8 Å². The van der Waals surface area contributed by atoms with E-state index in [9.17, 15) is 4.79 Å². The summed E-state index contributed by atoms with van der Waals surface area (Å²) < 4.78 is 5.39. The Hall–Kier alpha value is -1.58. The standard InChI is InChI=1S/C11H15NO3/c1-2-9(11(13)14)5-8-15-10-3-6-12-7-4-10/h3-4,6-7,9H,2,5,8H2,1H3,(H,13,14). The van der Waals surface area contributed by atoms with Crippen LogP contribution < -0.4 is 4.74 Å². The highest BCUT2D eigenvalue weighted by Crippen LogP contribution is 2.11. The van der Waals surface area contributed by atoms with Crippen molar-refractivity contribution in [1.29, 1.82) is 0 Å². The number of aromatic nitrogens is 1. The van der Waals surface area contributed by atoms with E-state index in [-0.39, 0.29) is 5.92 Å². The number of carboxylic acids is 1. The van der Waals surface area contributed by atoms with Gasteiger partial charge >= 0.3 is 5.97 Å². The Kier molecular flexibility index (Phi) is 4.60. The van der Waals surface area contributed by atoms with Gasteiger partial charge in [-0.2, -0.15) is 0 Å². The molecule has 1 atom stereocenters. The van der Waals surface area contributed by atoms with Gasteiger partial charge in [0.25, 0.3) is 0 Å². The molecule has 0 radical (unpaired) electrons. The van der Waals surface area contributed by atoms with Crippen molar-refractivity contribution < 1.29 is 14.6 Å². The SMILES string of the molecule is CCC(CCOc1ccncc1)C(=O)O. The number of pyridine rings is 1. The fraction of sp³-hybridized carbons (Fsp3) is 0.455. The second kappa shape index (κ2) is 6.01. The van der Waals surface area contributed by atoms with Gasteiger partial charge in [0.2, 0.25) is 0 Å². The summed E-state index contributed by atoms with van der Waals surface area (Å²) in [7, 11) is 0. The summed E-state index contributed by atoms with van der Waals surface area (Å²) in [6, 6.07) is 3.50. The minimum atomic E-state index is -0.754. The molecule has 0 aromatic carbocycles. The third kappa shape index (κ3) is 3.97. The zero-order valence-corrected chi connectivity index (χ0v) is 8.72. The van der Waals surface area contributed by atoms with Crippen LogP contribution >= 0.6 is 0 Å². The summed E-state index contributed by atoms with van der Waals surface area (Å²) in [5, 5.41) is 8.80. The lowest BCUT2D eigenvalue weighted by Crippen LogP contribution is -2.15. The quantitative estimate of drug-likeness (QED) is 0.778. The van der Waals surface area contributed by atoms with E-state index in [4.69, 9.17) is 9.84 Å². The van der Waals surface area contributed by atoms with Gasteiger partial charge in [0.1, 0.15) is 5.75 Å². The average Bonchev–Trinajstić information content (AvgIpc) is 2.25. The molecule has 1 aromatic heterocycles. The Morgan fingerprint density at radius 1 is 1.53 bits per heavy atom. The molecular weight excluding hydrogens is 194 g/mol. The van der Waals surface area contributed by atoms with Gasteiger partial charge in [-0.15, -0.1) is 0 Å². The molecule has 1 heterocycles. The molecule has 82 valence electrons. The molecule has 0 bridgehead atoms. The maximum Gasteiger partial charge on any atom is 0.306 e. The smallest absolute Gasteiger partial charge is 0.306 e. The number of ether oxygens (including phenoxy) is 1. The number of aliphatic carboxylic acids is 1. The summed E-state index contributed by atoms with van der Waals surface area (Å²) in [6.45, 7) is 2.29. The minimum Gasteiger partial charge on any atom is -0.493 e. The zero-order valence-electron chi connectivity index (χ0n) is 8.72. The fourth-order valence-corrected chi connectivity index (χ4v) is 1.26. The molecule has 0 aliphatic heterocycles. The first-order valence-electron chi connectivity index (χ1n) is 4.99. The van der Waals surface area contributed by atoms with Crippen molar-refractivity contribution in [1.82, 2.24) is 4.98 Å². The van der Waals surface area contributed by atoms with E-state index in [1.807, 2.05) is 6.92 Å². The highest BCUT2D eigenvalue weighted by molar-refractivity contribution is 5.69. The van der Waals surface area contributed by atoms with Crippen molar-refractivity contribution in [3.8, 4) is 5.75 Å². The van der Waals surface area contributed by atoms with Crippen molar-refractivity contribution in [3.05, 3.63) is 24.5 Å². The topological polar surface area (TPSA) is 59.4 Å². The Labute approximate surface area is 88.9 Å². The van der Waals surface area contributed by atoms with Crippen LogP contribution in [0.15, 0.2) is 24.5 Å². The summed E-state index contributed by atoms with van der Waals surface area (Å²) in [4.78, 5) is 14.6. The number of rotatable bonds is 6. The molecule has 0 amide bonds. The molecule has 0 aliphatic rings. The van der Waals surface area contributed by atoms with E-state index in [0.29, 0.717) is 19.4 Å². The highest BCUT2D eigenvalue weighted by Gasteiger charge is 2.14. The molecule has 4 heteroatoms. The number of carboxylic acid groups (broad SMARTS) is 1. The summed E-state index contributed by atoms with van der Waals surface area (Å²) >= 11 is 0. The molecule has 15 heavy (non-hydrogen) atoms. The third-order valence-corrected chi connectivity index (χ3v) is 2.23. The zero-order chi connectivity index (χ0) is 11.1. The van der Waals surface area contributed by atoms with Crippen LogP contribution in [0.25, 0.3) is 0 Å². The molecule has 1 aromatic rings. The number of hydrogen-bond acceptors (Lipinski definition) is 3. The van der Waals surface area contributed by atoms with E-state index in [1.165, 1.54) is 0 Å². The summed E-state index contributed by atoms with van der Waals surface area (Å²) in [5.74, 6) is -0.340. The van der Waals surface area contributed by atoms with E-state index < -0.39 is 5.97 Å². The molecular formula is C11H15NO3. The van der Waals surface area contributed by atoms with Crippen LogP contribution in [0.4, 0.5) is 0 Å². The molecule has 1 rings (SSSR count). The lowest BCUT2D eigenvalue weighted by atomic mass is 10.0. The molecule has 0 fully saturated rings. The largest absolute Gasteiger partial charge is 0.493 e. The molecule has 1 unspecified atom stereocenters. The Balaban J connectivity index is 2.30. The third-order valence-electron chi connectivity index (χ3n) is 2.23. The molecule has 0 spiro atoms. The normalized spacial score (nSPS) is 12.1. The number of hydrogen-bond donors (Lipinski definition) is 1. The number of nitrogens with zero attached hydrogens (tertiary/aromatic N) is 1. The van der Waals surface area contributed by atoms with Gasteiger partial charge in [0.15, 0.2) is 0 Å². The van der Waals surface area contributed by atoms with Crippen LogP contribution in [0, 0.1) is 5.92 Å². The Bertz CT molecular complexity index is 300. The van der Waals surface area contributed by atoms with Crippen molar-refractivity contribution in [3.63, 3.8) is 0 Å². The van der Waals surface area contributed by atoms with Gasteiger partial charge in [-0.25, -0.2) is 0 Å². The summed E-state index contributed by atoms with van der Waals surface area (Å²) in [5.41, 5.74) is 0. The van der Waals surface area contributed by atoms with Crippen LogP contribution in [0.3, 0.4) is 0 Å². The second-order valence-electron chi connectivity index (χ2n) is 3.26. The second-order valence-corrected chi connectivity index (χ2v) is 3.26. The predicted octanol–water partition coefficient (Wildman–Crippen LogP) is 1.96. The van der Waals surface area contributed by atoms with Gasteiger partial charge in [0, 0.05) is 12.4 Å². The van der Waals surface area contributed by atoms with Gasteiger partial charge in [0.05, 0.1) is 12.5 Å². The van der Waals surface area contributed by atoms with Gasteiger partial charge in [-0.3, -0.25) is 9.78 Å². The predicted molar refractivity (Wildman–Crippen MR) is 55.8 cm³/mol. The molecule has 0 aliphatic carbocycles. The first kappa shape index (κ1) is 11.5. The molecule has 1 N–H and O–H groups in total. The Morgan fingerprint density at radius 3 is 2.73 bits per heavy atom. The highest BCUT2D eigenvalue weighted by atomic mass is 16.5. The van der Waals surface area contributed by atoms with Crippen molar-refractivity contribution in [2.45, 2.75) is 19.8 Å². The van der Waals surface area contributed by atoms with Gasteiger partial charge in [-0.1, -0.05) is 6.92 Å². The fourth-order valence-electron chi connectivity index (χ4n) is 1.26. The summed E-state index contributed by atoms with van der Waals surface area (Å²) in [6.07, 6.45) is 4.46. The lowest BCUT2D eigenvalue weighted by molar-refractivity contribution is -0.142. The van der Waals surface area contributed by atoms with Crippen LogP contribution in [-0.4, -0.2) is 22.7 Å². The minimum absolute atomic E-state index is 0.313. The van der Waals surface area contributed by atoms with Crippen molar-refractivity contribution >= 4 is 5.97 Å². The maximum atomic E-state index is 10.7. The lowest BCUT2D eigenvalue weighted by Gasteiger charge is -2.10. The number of carbonyl (C=O) groups is 1. The van der Waals surface area contributed by atoms with Gasteiger partial charge in [-0.05, 0) is 25.0 Å². The first-order valence-corrected chi connectivity index (χ1v) is 4.99. The van der Waals surface area contributed by atoms with Crippen molar-refractivity contribution in [2.75, 3.05) is 6.61 Å². The van der Waals surface area contributed by atoms with E-state index in [0.717, 1.165) is 5.75 Å². The first-order chi connectivity index (χ1) is 7.24. The maximum absolute atomic E-state index is 10.7. The van der Waals surface area contributed by atoms with Crippen LogP contribution in [0.5, 0.6) is 5.75 Å². The molecule has 0 saturated carbocycles. The van der Waals surface area contributed by atoms with Crippen LogP contribution in [-0.2, 0) is 4.79 Å². The molecule has 4 nitrogen and oxygen atoms in total. The van der Waals surface area contributed by atoms with Gasteiger partial charge < -0.3 is 9.84 Å². The Morgan fingerprint density at radius 2 is 2.20 bits per heavy atom. The van der Waals surface area contributed by atoms with E-state index in [1.54, 1.807) is 24.5 Å².